The third-order valence-corrected chi connectivity index (χ3v) is 3.36. The van der Waals surface area contributed by atoms with Gasteiger partial charge in [0.1, 0.15) is 11.9 Å². The van der Waals surface area contributed by atoms with E-state index < -0.39 is 23.9 Å². The number of aliphatic hydroxyl groups excluding tert-OH is 1. The molecule has 2 N–H and O–H groups in total. The summed E-state index contributed by atoms with van der Waals surface area (Å²) >= 11 is 5.67. The van der Waals surface area contributed by atoms with Crippen molar-refractivity contribution in [2.75, 3.05) is 6.54 Å². The van der Waals surface area contributed by atoms with Crippen LogP contribution in [0.2, 0.25) is 5.02 Å². The van der Waals surface area contributed by atoms with Crippen LogP contribution in [0.4, 0.5) is 4.39 Å². The number of aliphatic carboxylic acids is 1. The number of hydrogen-bond acceptors (Lipinski definition) is 3. The first-order chi connectivity index (χ1) is 8.49. The maximum atomic E-state index is 13.7. The number of rotatable bonds is 3. The van der Waals surface area contributed by atoms with Gasteiger partial charge in [-0.25, -0.2) is 4.39 Å². The lowest BCUT2D eigenvalue weighted by molar-refractivity contribution is -0.142. The molecule has 0 bridgehead atoms. The van der Waals surface area contributed by atoms with Crippen LogP contribution in [0, 0.1) is 5.82 Å². The van der Waals surface area contributed by atoms with Gasteiger partial charge >= 0.3 is 5.97 Å². The number of carboxylic acid groups (broad SMARTS) is 1. The highest BCUT2D eigenvalue weighted by Gasteiger charge is 2.36. The number of β-amino-alcohol motifs (C(OH)–C–C–N with tert-alkyl or cyclic N) is 1. The molecule has 0 radical (unpaired) electrons. The minimum absolute atomic E-state index is 0.0131. The zero-order valence-corrected chi connectivity index (χ0v) is 10.3. The van der Waals surface area contributed by atoms with E-state index in [9.17, 15) is 14.3 Å². The topological polar surface area (TPSA) is 60.8 Å². The second-order valence-corrected chi connectivity index (χ2v) is 4.79. The van der Waals surface area contributed by atoms with E-state index in [0.29, 0.717) is 5.56 Å². The van der Waals surface area contributed by atoms with Crippen molar-refractivity contribution in [3.05, 3.63) is 34.6 Å². The van der Waals surface area contributed by atoms with E-state index in [-0.39, 0.29) is 24.5 Å². The second-order valence-electron chi connectivity index (χ2n) is 4.39. The average Bonchev–Trinajstić information content (AvgIpc) is 2.66. The highest BCUT2D eigenvalue weighted by molar-refractivity contribution is 6.30. The van der Waals surface area contributed by atoms with Crippen LogP contribution in [0.15, 0.2) is 18.2 Å². The number of carbonyl (C=O) groups is 1. The van der Waals surface area contributed by atoms with Crippen LogP contribution >= 0.6 is 11.6 Å². The molecule has 0 amide bonds. The lowest BCUT2D eigenvalue weighted by Crippen LogP contribution is -2.35. The molecule has 6 heteroatoms. The van der Waals surface area contributed by atoms with Gasteiger partial charge in [-0.2, -0.15) is 0 Å². The van der Waals surface area contributed by atoms with Crippen LogP contribution in [0.1, 0.15) is 12.0 Å². The van der Waals surface area contributed by atoms with Gasteiger partial charge in [0.05, 0.1) is 11.1 Å². The Morgan fingerprint density at radius 1 is 1.56 bits per heavy atom. The van der Waals surface area contributed by atoms with E-state index >= 15 is 0 Å². The van der Waals surface area contributed by atoms with Gasteiger partial charge in [0.25, 0.3) is 0 Å². The van der Waals surface area contributed by atoms with Crippen LogP contribution in [0.5, 0.6) is 0 Å². The lowest BCUT2D eigenvalue weighted by atomic mass is 10.1. The Balaban J connectivity index is 2.17. The molecule has 2 rings (SSSR count). The fraction of sp³-hybridized carbons (Fsp3) is 0.417. The normalized spacial score (nSPS) is 24.4. The average molecular weight is 274 g/mol. The molecule has 0 spiro atoms. The lowest BCUT2D eigenvalue weighted by Gasteiger charge is -2.21. The first kappa shape index (κ1) is 13.3. The highest BCUT2D eigenvalue weighted by atomic mass is 35.5. The Labute approximate surface area is 109 Å². The molecular formula is C12H13ClFNO3. The Morgan fingerprint density at radius 2 is 2.28 bits per heavy atom. The minimum Gasteiger partial charge on any atom is -0.480 e. The van der Waals surface area contributed by atoms with Crippen LogP contribution in [0.3, 0.4) is 0 Å². The molecular weight excluding hydrogens is 261 g/mol. The van der Waals surface area contributed by atoms with Gasteiger partial charge in [-0.15, -0.1) is 0 Å². The largest absolute Gasteiger partial charge is 0.480 e. The van der Waals surface area contributed by atoms with Crippen molar-refractivity contribution < 1.29 is 19.4 Å². The summed E-state index contributed by atoms with van der Waals surface area (Å²) in [5.41, 5.74) is 0.336. The van der Waals surface area contributed by atoms with Crippen LogP contribution in [-0.4, -0.2) is 39.8 Å². The number of likely N-dealkylation sites (tertiary alicyclic amines) is 1. The molecule has 1 fully saturated rings. The Hall–Kier alpha value is -1.17. The summed E-state index contributed by atoms with van der Waals surface area (Å²) in [6.07, 6.45) is -0.523. The zero-order valence-electron chi connectivity index (χ0n) is 9.51. The van der Waals surface area contributed by atoms with E-state index in [1.54, 1.807) is 17.0 Å². The maximum Gasteiger partial charge on any atom is 0.321 e. The number of carboxylic acids is 1. The first-order valence-electron chi connectivity index (χ1n) is 5.57. The maximum absolute atomic E-state index is 13.7. The predicted octanol–water partition coefficient (Wildman–Crippen LogP) is 1.50. The summed E-state index contributed by atoms with van der Waals surface area (Å²) in [5, 5.41) is 18.5. The fourth-order valence-electron chi connectivity index (χ4n) is 2.20. The summed E-state index contributed by atoms with van der Waals surface area (Å²) in [4.78, 5) is 12.6. The number of benzene rings is 1. The number of hydrogen-bond donors (Lipinski definition) is 2. The van der Waals surface area contributed by atoms with E-state index in [0.717, 1.165) is 0 Å². The summed E-state index contributed by atoms with van der Waals surface area (Å²) in [5.74, 6) is -1.54. The smallest absolute Gasteiger partial charge is 0.321 e. The van der Waals surface area contributed by atoms with Crippen molar-refractivity contribution in [2.45, 2.75) is 25.1 Å². The van der Waals surface area contributed by atoms with Crippen molar-refractivity contribution in [1.82, 2.24) is 4.90 Å². The molecule has 0 aliphatic carbocycles. The molecule has 0 aromatic heterocycles. The molecule has 1 aliphatic rings. The summed E-state index contributed by atoms with van der Waals surface area (Å²) < 4.78 is 13.7. The molecule has 2 unspecified atom stereocenters. The van der Waals surface area contributed by atoms with Crippen LogP contribution in [0.25, 0.3) is 0 Å². The molecule has 1 heterocycles. The second kappa shape index (κ2) is 5.22. The number of aliphatic hydroxyl groups is 1. The molecule has 1 aromatic rings. The van der Waals surface area contributed by atoms with E-state index in [1.807, 2.05) is 0 Å². The Morgan fingerprint density at radius 3 is 2.94 bits per heavy atom. The van der Waals surface area contributed by atoms with Crippen LogP contribution < -0.4 is 0 Å². The van der Waals surface area contributed by atoms with Crippen molar-refractivity contribution in [1.29, 1.82) is 0 Å². The standard InChI is InChI=1S/C12H13ClFNO3/c13-9-3-1-2-7(11(9)14)5-15-6-8(16)4-10(15)12(17)18/h1-3,8,10,16H,4-6H2,(H,17,18). The molecule has 18 heavy (non-hydrogen) atoms. The number of nitrogens with zero attached hydrogens (tertiary/aromatic N) is 1. The Kier molecular flexibility index (Phi) is 3.85. The van der Waals surface area contributed by atoms with E-state index in [4.69, 9.17) is 16.7 Å². The van der Waals surface area contributed by atoms with Gasteiger partial charge < -0.3 is 10.2 Å². The molecule has 4 nitrogen and oxygen atoms in total. The van der Waals surface area contributed by atoms with E-state index in [1.165, 1.54) is 6.07 Å². The van der Waals surface area contributed by atoms with Crippen molar-refractivity contribution >= 4 is 17.6 Å². The molecule has 0 saturated carbocycles. The van der Waals surface area contributed by atoms with Gasteiger partial charge in [-0.05, 0) is 6.07 Å². The van der Waals surface area contributed by atoms with Gasteiger partial charge in [0.15, 0.2) is 0 Å². The monoisotopic (exact) mass is 273 g/mol. The molecule has 1 aromatic carbocycles. The molecule has 2 atom stereocenters. The third-order valence-electron chi connectivity index (χ3n) is 3.07. The number of halogens is 2. The molecule has 98 valence electrons. The van der Waals surface area contributed by atoms with Crippen molar-refractivity contribution in [3.8, 4) is 0 Å². The SMILES string of the molecule is O=C(O)C1CC(O)CN1Cc1cccc(Cl)c1F. The summed E-state index contributed by atoms with van der Waals surface area (Å²) in [7, 11) is 0. The summed E-state index contributed by atoms with van der Waals surface area (Å²) in [6.45, 7) is 0.351. The van der Waals surface area contributed by atoms with Gasteiger partial charge in [0, 0.05) is 25.1 Å². The molecule has 1 aliphatic heterocycles. The van der Waals surface area contributed by atoms with Crippen molar-refractivity contribution in [3.63, 3.8) is 0 Å². The zero-order chi connectivity index (χ0) is 13.3. The van der Waals surface area contributed by atoms with Gasteiger partial charge in [0.2, 0.25) is 0 Å². The van der Waals surface area contributed by atoms with E-state index in [2.05, 4.69) is 0 Å². The third kappa shape index (κ3) is 2.63. The van der Waals surface area contributed by atoms with Crippen molar-refractivity contribution in [2.24, 2.45) is 0 Å². The Bertz CT molecular complexity index is 469. The summed E-state index contributed by atoms with van der Waals surface area (Å²) in [6, 6.07) is 3.83. The van der Waals surface area contributed by atoms with Gasteiger partial charge in [-0.3, -0.25) is 9.69 Å². The highest BCUT2D eigenvalue weighted by Crippen LogP contribution is 2.24. The quantitative estimate of drug-likeness (QED) is 0.876. The van der Waals surface area contributed by atoms with Crippen LogP contribution in [-0.2, 0) is 11.3 Å². The predicted molar refractivity (Wildman–Crippen MR) is 63.9 cm³/mol. The van der Waals surface area contributed by atoms with Gasteiger partial charge in [-0.1, -0.05) is 23.7 Å². The first-order valence-corrected chi connectivity index (χ1v) is 5.94. The fourth-order valence-corrected chi connectivity index (χ4v) is 2.39. The minimum atomic E-state index is -1.01. The molecule has 1 saturated heterocycles.